The number of benzene rings is 1. The first-order chi connectivity index (χ1) is 9.22. The molecular weight excluding hydrogens is 289 g/mol. The second kappa shape index (κ2) is 5.45. The zero-order valence-electron chi connectivity index (χ0n) is 11.2. The van der Waals surface area contributed by atoms with Gasteiger partial charge in [0.1, 0.15) is 0 Å². The topological polar surface area (TPSA) is 38.0 Å². The highest BCUT2D eigenvalue weighted by molar-refractivity contribution is 6.30. The van der Waals surface area contributed by atoms with Crippen molar-refractivity contribution < 1.29 is 13.2 Å². The molecule has 0 spiro atoms. The highest BCUT2D eigenvalue weighted by atomic mass is 35.5. The summed E-state index contributed by atoms with van der Waals surface area (Å²) in [4.78, 5) is 0. The van der Waals surface area contributed by atoms with Crippen molar-refractivity contribution in [3.63, 3.8) is 0 Å². The number of nitrogens with one attached hydrogen (secondary N) is 1. The van der Waals surface area contributed by atoms with Gasteiger partial charge in [-0.1, -0.05) is 24.4 Å². The van der Waals surface area contributed by atoms with Gasteiger partial charge in [-0.15, -0.1) is 0 Å². The van der Waals surface area contributed by atoms with Crippen LogP contribution in [0, 0.1) is 5.92 Å². The molecule has 0 saturated heterocycles. The van der Waals surface area contributed by atoms with Gasteiger partial charge in [0.25, 0.3) is 0 Å². The summed E-state index contributed by atoms with van der Waals surface area (Å²) in [7, 11) is 0. The second-order valence-electron chi connectivity index (χ2n) is 5.76. The molecule has 1 saturated carbocycles. The molecule has 1 unspecified atom stereocenters. The van der Waals surface area contributed by atoms with E-state index in [0.29, 0.717) is 18.2 Å². The minimum atomic E-state index is -4.41. The first-order valence-corrected chi connectivity index (χ1v) is 6.96. The summed E-state index contributed by atoms with van der Waals surface area (Å²) in [6.07, 6.45) is -1.21. The summed E-state index contributed by atoms with van der Waals surface area (Å²) < 4.78 is 38.3. The maximum absolute atomic E-state index is 12.8. The average molecular weight is 307 g/mol. The van der Waals surface area contributed by atoms with E-state index in [9.17, 15) is 13.2 Å². The molecule has 1 atom stereocenters. The van der Waals surface area contributed by atoms with Gasteiger partial charge >= 0.3 is 6.18 Å². The molecule has 20 heavy (non-hydrogen) atoms. The minimum absolute atomic E-state index is 0.0631. The first-order valence-electron chi connectivity index (χ1n) is 6.58. The van der Waals surface area contributed by atoms with E-state index >= 15 is 0 Å². The van der Waals surface area contributed by atoms with E-state index in [-0.39, 0.29) is 5.02 Å². The van der Waals surface area contributed by atoms with Gasteiger partial charge in [0.15, 0.2) is 0 Å². The summed E-state index contributed by atoms with van der Waals surface area (Å²) in [5, 5.41) is 3.18. The zero-order chi connectivity index (χ0) is 15.0. The third-order valence-electron chi connectivity index (χ3n) is 3.56. The third-order valence-corrected chi connectivity index (χ3v) is 3.78. The molecule has 0 aliphatic heterocycles. The molecular formula is C14H18ClF3N2. The van der Waals surface area contributed by atoms with Crippen molar-refractivity contribution in [1.29, 1.82) is 0 Å². The van der Waals surface area contributed by atoms with Crippen LogP contribution < -0.4 is 11.1 Å². The SMILES string of the molecule is CC(CN)(CC1CC1)Nc1cc(Cl)cc(C(F)(F)F)c1. The van der Waals surface area contributed by atoms with Gasteiger partial charge in [-0.2, -0.15) is 13.2 Å². The molecule has 0 radical (unpaired) electrons. The zero-order valence-corrected chi connectivity index (χ0v) is 12.0. The summed E-state index contributed by atoms with van der Waals surface area (Å²) in [5.41, 5.74) is 4.98. The van der Waals surface area contributed by atoms with Crippen LogP contribution in [0.1, 0.15) is 31.7 Å². The van der Waals surface area contributed by atoms with Crippen molar-refractivity contribution in [2.24, 2.45) is 11.7 Å². The number of nitrogens with two attached hydrogens (primary N) is 1. The summed E-state index contributed by atoms with van der Waals surface area (Å²) in [6.45, 7) is 2.29. The second-order valence-corrected chi connectivity index (χ2v) is 6.20. The molecule has 2 rings (SSSR count). The smallest absolute Gasteiger partial charge is 0.379 e. The van der Waals surface area contributed by atoms with Crippen LogP contribution in [0.25, 0.3) is 0 Å². The monoisotopic (exact) mass is 306 g/mol. The van der Waals surface area contributed by atoms with Crippen LogP contribution in [0.2, 0.25) is 5.02 Å². The maximum Gasteiger partial charge on any atom is 0.416 e. The number of halogens is 4. The molecule has 0 bridgehead atoms. The summed E-state index contributed by atoms with van der Waals surface area (Å²) >= 11 is 5.77. The molecule has 1 aromatic carbocycles. The predicted octanol–water partition coefficient (Wildman–Crippen LogP) is 4.29. The molecule has 6 heteroatoms. The van der Waals surface area contributed by atoms with Crippen molar-refractivity contribution in [1.82, 2.24) is 0 Å². The van der Waals surface area contributed by atoms with Crippen LogP contribution in [0.3, 0.4) is 0 Å². The van der Waals surface area contributed by atoms with Crippen molar-refractivity contribution >= 4 is 17.3 Å². The van der Waals surface area contributed by atoms with Crippen molar-refractivity contribution in [3.05, 3.63) is 28.8 Å². The van der Waals surface area contributed by atoms with Crippen LogP contribution in [0.15, 0.2) is 18.2 Å². The Morgan fingerprint density at radius 1 is 1.30 bits per heavy atom. The summed E-state index contributed by atoms with van der Waals surface area (Å²) in [5.74, 6) is 0.623. The Morgan fingerprint density at radius 3 is 2.45 bits per heavy atom. The summed E-state index contributed by atoms with van der Waals surface area (Å²) in [6, 6.07) is 3.50. The van der Waals surface area contributed by atoms with E-state index < -0.39 is 17.3 Å². The fourth-order valence-corrected chi connectivity index (χ4v) is 2.55. The molecule has 0 heterocycles. The van der Waals surface area contributed by atoms with Crippen molar-refractivity contribution in [3.8, 4) is 0 Å². The Kier molecular flexibility index (Phi) is 4.21. The lowest BCUT2D eigenvalue weighted by molar-refractivity contribution is -0.137. The molecule has 0 amide bonds. The molecule has 2 nitrogen and oxygen atoms in total. The van der Waals surface area contributed by atoms with Crippen LogP contribution in [-0.2, 0) is 6.18 Å². The Hall–Kier alpha value is -0.940. The minimum Gasteiger partial charge on any atom is -0.379 e. The number of alkyl halides is 3. The quantitative estimate of drug-likeness (QED) is 0.851. The fraction of sp³-hybridized carbons (Fsp3) is 0.571. The average Bonchev–Trinajstić information content (AvgIpc) is 3.10. The molecule has 3 N–H and O–H groups in total. The standard InChI is InChI=1S/C14H18ClF3N2/c1-13(8-19,7-9-2-3-9)20-12-5-10(14(16,17)18)4-11(15)6-12/h4-6,9,20H,2-3,7-8,19H2,1H3. The maximum atomic E-state index is 12.8. The predicted molar refractivity (Wildman–Crippen MR) is 74.9 cm³/mol. The lowest BCUT2D eigenvalue weighted by Gasteiger charge is -2.31. The van der Waals surface area contributed by atoms with Crippen molar-refractivity contribution in [2.45, 2.75) is 37.9 Å². The first kappa shape index (κ1) is 15.4. The lowest BCUT2D eigenvalue weighted by atomic mass is 9.94. The number of rotatable bonds is 5. The number of hydrogen-bond acceptors (Lipinski definition) is 2. The lowest BCUT2D eigenvalue weighted by Crippen LogP contribution is -2.43. The highest BCUT2D eigenvalue weighted by Gasteiger charge is 2.34. The third kappa shape index (κ3) is 4.03. The highest BCUT2D eigenvalue weighted by Crippen LogP contribution is 2.39. The largest absolute Gasteiger partial charge is 0.416 e. The van der Waals surface area contributed by atoms with Crippen LogP contribution in [-0.4, -0.2) is 12.1 Å². The van der Waals surface area contributed by atoms with E-state index in [4.69, 9.17) is 17.3 Å². The molecule has 1 aliphatic carbocycles. The van der Waals surface area contributed by atoms with Gasteiger partial charge in [0.2, 0.25) is 0 Å². The van der Waals surface area contributed by atoms with Gasteiger partial charge < -0.3 is 11.1 Å². The molecule has 0 aromatic heterocycles. The molecule has 1 fully saturated rings. The fourth-order valence-electron chi connectivity index (χ4n) is 2.32. The van der Waals surface area contributed by atoms with Gasteiger partial charge in [0, 0.05) is 22.8 Å². The normalized spacial score (nSPS) is 18.7. The van der Waals surface area contributed by atoms with E-state index in [1.54, 1.807) is 0 Å². The van der Waals surface area contributed by atoms with E-state index in [0.717, 1.165) is 18.6 Å². The van der Waals surface area contributed by atoms with Crippen molar-refractivity contribution in [2.75, 3.05) is 11.9 Å². The van der Waals surface area contributed by atoms with Gasteiger partial charge in [-0.25, -0.2) is 0 Å². The number of anilines is 1. The van der Waals surface area contributed by atoms with E-state index in [2.05, 4.69) is 5.32 Å². The Balaban J connectivity index is 2.21. The molecule has 112 valence electrons. The Labute approximate surface area is 121 Å². The van der Waals surface area contributed by atoms with Gasteiger partial charge in [-0.3, -0.25) is 0 Å². The van der Waals surface area contributed by atoms with E-state index in [1.165, 1.54) is 18.9 Å². The van der Waals surface area contributed by atoms with Gasteiger partial charge in [-0.05, 0) is 37.5 Å². The Morgan fingerprint density at radius 2 is 1.95 bits per heavy atom. The van der Waals surface area contributed by atoms with Crippen LogP contribution in [0.4, 0.5) is 18.9 Å². The molecule has 1 aliphatic rings. The van der Waals surface area contributed by atoms with Crippen LogP contribution >= 0.6 is 11.6 Å². The van der Waals surface area contributed by atoms with Crippen LogP contribution in [0.5, 0.6) is 0 Å². The van der Waals surface area contributed by atoms with Gasteiger partial charge in [0.05, 0.1) is 5.56 Å². The number of hydrogen-bond donors (Lipinski definition) is 2. The Bertz CT molecular complexity index is 486. The van der Waals surface area contributed by atoms with E-state index in [1.807, 2.05) is 6.92 Å². The molecule has 1 aromatic rings.